The van der Waals surface area contributed by atoms with Crippen molar-refractivity contribution >= 4 is 22.7 Å². The first-order chi connectivity index (χ1) is 12.6. The molecule has 0 unspecified atom stereocenters. The van der Waals surface area contributed by atoms with Crippen molar-refractivity contribution in [1.29, 1.82) is 0 Å². The van der Waals surface area contributed by atoms with Gasteiger partial charge in [-0.15, -0.1) is 0 Å². The lowest BCUT2D eigenvalue weighted by Gasteiger charge is -2.24. The first-order valence-electron chi connectivity index (χ1n) is 8.87. The Bertz CT molecular complexity index is 990. The first kappa shape index (κ1) is 16.4. The van der Waals surface area contributed by atoms with E-state index in [0.29, 0.717) is 5.56 Å². The van der Waals surface area contributed by atoms with Crippen molar-refractivity contribution in [3.8, 4) is 0 Å². The van der Waals surface area contributed by atoms with Crippen LogP contribution in [0.4, 0.5) is 0 Å². The number of para-hydroxylation sites is 1. The first-order valence-corrected chi connectivity index (χ1v) is 8.87. The Hall–Kier alpha value is -3.08. The minimum Gasteiger partial charge on any atom is -0.350 e. The summed E-state index contributed by atoms with van der Waals surface area (Å²) in [5, 5.41) is 0.866. The third-order valence-corrected chi connectivity index (χ3v) is 5.13. The lowest BCUT2D eigenvalue weighted by atomic mass is 9.82. The molecule has 0 bridgehead atoms. The maximum atomic E-state index is 12.6. The molecule has 5 nitrogen and oxygen atoms in total. The summed E-state index contributed by atoms with van der Waals surface area (Å²) < 4.78 is 1.91. The van der Waals surface area contributed by atoms with E-state index in [1.165, 1.54) is 5.56 Å². The Morgan fingerprint density at radius 1 is 1.04 bits per heavy atom. The van der Waals surface area contributed by atoms with Crippen molar-refractivity contribution in [2.75, 3.05) is 0 Å². The third-order valence-electron chi connectivity index (χ3n) is 5.13. The molecule has 132 valence electrons. The van der Waals surface area contributed by atoms with E-state index in [1.54, 1.807) is 6.20 Å². The van der Waals surface area contributed by atoms with Gasteiger partial charge in [-0.05, 0) is 36.5 Å². The molecule has 3 aromatic rings. The number of hydrazine groups is 1. The van der Waals surface area contributed by atoms with Gasteiger partial charge in [-0.25, -0.2) is 0 Å². The SMILES string of the molecule is Cn1cc(C(=O)NNC(=O)[C@H]2CCCc3ccccc32)c2ccccc21. The van der Waals surface area contributed by atoms with Gasteiger partial charge in [0, 0.05) is 24.1 Å². The molecule has 0 saturated heterocycles. The number of carbonyl (C=O) groups is 2. The Morgan fingerprint density at radius 3 is 2.69 bits per heavy atom. The van der Waals surface area contributed by atoms with Gasteiger partial charge >= 0.3 is 0 Å². The monoisotopic (exact) mass is 347 g/mol. The van der Waals surface area contributed by atoms with E-state index >= 15 is 0 Å². The molecule has 1 aliphatic carbocycles. The highest BCUT2D eigenvalue weighted by atomic mass is 16.2. The van der Waals surface area contributed by atoms with E-state index in [9.17, 15) is 9.59 Å². The maximum absolute atomic E-state index is 12.6. The summed E-state index contributed by atoms with van der Waals surface area (Å²) in [6.45, 7) is 0. The zero-order valence-electron chi connectivity index (χ0n) is 14.7. The van der Waals surface area contributed by atoms with Crippen molar-refractivity contribution in [3.05, 3.63) is 71.4 Å². The number of hydrogen-bond donors (Lipinski definition) is 2. The summed E-state index contributed by atoms with van der Waals surface area (Å²) >= 11 is 0. The number of benzene rings is 2. The van der Waals surface area contributed by atoms with Gasteiger partial charge in [-0.2, -0.15) is 0 Å². The van der Waals surface area contributed by atoms with E-state index in [2.05, 4.69) is 16.9 Å². The highest BCUT2D eigenvalue weighted by Crippen LogP contribution is 2.31. The summed E-state index contributed by atoms with van der Waals surface area (Å²) in [4.78, 5) is 25.2. The van der Waals surface area contributed by atoms with Gasteiger partial charge in [0.2, 0.25) is 5.91 Å². The molecule has 0 aliphatic heterocycles. The smallest absolute Gasteiger partial charge is 0.271 e. The summed E-state index contributed by atoms with van der Waals surface area (Å²) in [5.41, 5.74) is 9.01. The molecule has 2 amide bonds. The summed E-state index contributed by atoms with van der Waals surface area (Å²) in [5.74, 6) is -0.683. The minimum atomic E-state index is -0.306. The highest BCUT2D eigenvalue weighted by molar-refractivity contribution is 6.07. The Morgan fingerprint density at radius 2 is 1.81 bits per heavy atom. The van der Waals surface area contributed by atoms with Crippen molar-refractivity contribution in [2.24, 2.45) is 7.05 Å². The molecular weight excluding hydrogens is 326 g/mol. The molecule has 0 radical (unpaired) electrons. The van der Waals surface area contributed by atoms with Crippen LogP contribution in [0.5, 0.6) is 0 Å². The number of hydrogen-bond acceptors (Lipinski definition) is 2. The van der Waals surface area contributed by atoms with Gasteiger partial charge in [0.15, 0.2) is 0 Å². The number of fused-ring (bicyclic) bond motifs is 2. The minimum absolute atomic E-state index is 0.161. The predicted molar refractivity (Wildman–Crippen MR) is 101 cm³/mol. The van der Waals surface area contributed by atoms with Crippen molar-refractivity contribution in [1.82, 2.24) is 15.4 Å². The average molecular weight is 347 g/mol. The summed E-state index contributed by atoms with van der Waals surface area (Å²) in [6.07, 6.45) is 4.56. The number of nitrogens with one attached hydrogen (secondary N) is 2. The molecule has 1 aliphatic rings. The Kier molecular flexibility index (Phi) is 4.21. The normalized spacial score (nSPS) is 16.1. The topological polar surface area (TPSA) is 63.1 Å². The van der Waals surface area contributed by atoms with Gasteiger partial charge in [0.05, 0.1) is 11.5 Å². The number of aryl methyl sites for hydroxylation is 2. The molecule has 5 heteroatoms. The van der Waals surface area contributed by atoms with Crippen molar-refractivity contribution in [3.63, 3.8) is 0 Å². The summed E-state index contributed by atoms with van der Waals surface area (Å²) in [7, 11) is 1.90. The standard InChI is InChI=1S/C21H21N3O2/c1-24-13-18(16-10-4-5-12-19(16)24)21(26)23-22-20(25)17-11-6-8-14-7-2-3-9-15(14)17/h2-5,7,9-10,12-13,17H,6,8,11H2,1H3,(H,22,25)(H,23,26)/t17-/m0/s1. The van der Waals surface area contributed by atoms with Crippen LogP contribution in [0, 0.1) is 0 Å². The summed E-state index contributed by atoms with van der Waals surface area (Å²) in [6, 6.07) is 15.7. The fourth-order valence-corrected chi connectivity index (χ4v) is 3.82. The number of nitrogens with zero attached hydrogens (tertiary/aromatic N) is 1. The van der Waals surface area contributed by atoms with Crippen LogP contribution >= 0.6 is 0 Å². The van der Waals surface area contributed by atoms with Gasteiger partial charge < -0.3 is 4.57 Å². The lowest BCUT2D eigenvalue weighted by Crippen LogP contribution is -2.44. The molecule has 1 aromatic heterocycles. The fraction of sp³-hybridized carbons (Fsp3) is 0.238. The quantitative estimate of drug-likeness (QED) is 0.700. The van der Waals surface area contributed by atoms with E-state index < -0.39 is 0 Å². The van der Waals surface area contributed by atoms with Crippen LogP contribution in [0.3, 0.4) is 0 Å². The van der Waals surface area contributed by atoms with Gasteiger partial charge in [-0.1, -0.05) is 42.5 Å². The number of rotatable bonds is 2. The molecule has 2 aromatic carbocycles. The van der Waals surface area contributed by atoms with Crippen LogP contribution in [-0.2, 0) is 18.3 Å². The number of carbonyl (C=O) groups excluding carboxylic acids is 2. The molecule has 0 fully saturated rings. The van der Waals surface area contributed by atoms with E-state index in [-0.39, 0.29) is 17.7 Å². The Balaban J connectivity index is 1.49. The van der Waals surface area contributed by atoms with Gasteiger partial charge in [-0.3, -0.25) is 20.4 Å². The van der Waals surface area contributed by atoms with Crippen molar-refractivity contribution in [2.45, 2.75) is 25.2 Å². The molecule has 4 rings (SSSR count). The van der Waals surface area contributed by atoms with Crippen LogP contribution in [0.1, 0.15) is 40.2 Å². The molecular formula is C21H21N3O2. The number of aromatic nitrogens is 1. The molecule has 2 N–H and O–H groups in total. The van der Waals surface area contributed by atoms with E-state index in [0.717, 1.165) is 35.7 Å². The average Bonchev–Trinajstić information content (AvgIpc) is 3.02. The second-order valence-corrected chi connectivity index (χ2v) is 6.76. The second kappa shape index (κ2) is 6.67. The Labute approximate surface area is 152 Å². The second-order valence-electron chi connectivity index (χ2n) is 6.76. The van der Waals surface area contributed by atoms with Crippen LogP contribution in [0.2, 0.25) is 0 Å². The molecule has 0 saturated carbocycles. The third kappa shape index (κ3) is 2.86. The largest absolute Gasteiger partial charge is 0.350 e. The maximum Gasteiger partial charge on any atom is 0.271 e. The molecule has 1 heterocycles. The van der Waals surface area contributed by atoms with E-state index in [1.807, 2.05) is 54.1 Å². The van der Waals surface area contributed by atoms with Gasteiger partial charge in [0.25, 0.3) is 5.91 Å². The van der Waals surface area contributed by atoms with Crippen LogP contribution in [-0.4, -0.2) is 16.4 Å². The van der Waals surface area contributed by atoms with Crippen LogP contribution in [0.15, 0.2) is 54.7 Å². The number of amides is 2. The zero-order chi connectivity index (χ0) is 18.1. The highest BCUT2D eigenvalue weighted by Gasteiger charge is 2.26. The molecule has 0 spiro atoms. The molecule has 1 atom stereocenters. The fourth-order valence-electron chi connectivity index (χ4n) is 3.82. The van der Waals surface area contributed by atoms with E-state index in [4.69, 9.17) is 0 Å². The molecule has 26 heavy (non-hydrogen) atoms. The van der Waals surface area contributed by atoms with Gasteiger partial charge in [0.1, 0.15) is 0 Å². The lowest BCUT2D eigenvalue weighted by molar-refractivity contribution is -0.123. The van der Waals surface area contributed by atoms with Crippen molar-refractivity contribution < 1.29 is 9.59 Å². The zero-order valence-corrected chi connectivity index (χ0v) is 14.7. The van der Waals surface area contributed by atoms with Crippen LogP contribution in [0.25, 0.3) is 10.9 Å². The van der Waals surface area contributed by atoms with Crippen LogP contribution < -0.4 is 10.9 Å². The predicted octanol–water partition coefficient (Wildman–Crippen LogP) is 3.06.